The first-order chi connectivity index (χ1) is 14.2. The normalized spacial score (nSPS) is 16.1. The molecule has 0 aliphatic carbocycles. The molecule has 3 aromatic carbocycles. The van der Waals surface area contributed by atoms with Crippen molar-refractivity contribution in [2.24, 2.45) is 0 Å². The number of hydrogen-bond donors (Lipinski definition) is 2. The molecule has 0 radical (unpaired) electrons. The Bertz CT molecular complexity index is 1030. The van der Waals surface area contributed by atoms with Crippen molar-refractivity contribution in [3.05, 3.63) is 70.7 Å². The quantitative estimate of drug-likeness (QED) is 0.616. The summed E-state index contributed by atoms with van der Waals surface area (Å²) in [4.78, 5) is 11.7. The van der Waals surface area contributed by atoms with E-state index in [1.807, 2.05) is 24.3 Å². The number of benzene rings is 3. The summed E-state index contributed by atoms with van der Waals surface area (Å²) in [5, 5.41) is 8.98. The second kappa shape index (κ2) is 8.72. The van der Waals surface area contributed by atoms with Crippen LogP contribution in [0.2, 0.25) is 5.02 Å². The first-order valence-electron chi connectivity index (χ1n) is 9.62. The van der Waals surface area contributed by atoms with Gasteiger partial charge in [-0.2, -0.15) is 0 Å². The predicted molar refractivity (Wildman–Crippen MR) is 115 cm³/mol. The van der Waals surface area contributed by atoms with E-state index in [0.29, 0.717) is 36.2 Å². The average molecular weight is 411 g/mol. The molecule has 1 heterocycles. The first kappa shape index (κ1) is 19.6. The van der Waals surface area contributed by atoms with E-state index in [2.05, 4.69) is 34.9 Å². The molecule has 6 heteroatoms. The van der Waals surface area contributed by atoms with Gasteiger partial charge in [-0.15, -0.1) is 0 Å². The number of carbonyl (C=O) groups is 1. The Labute approximate surface area is 175 Å². The maximum Gasteiger partial charge on any atom is 0.237 e. The standard InChI is InChI=1S/C23H23ClN2O3/c1-28-21-11-17(13-26-20-9-10-25-23(20)27)19(24)12-22(21)29-14-16-7-4-6-15-5-2-3-8-18(15)16/h2-8,11-12,20,26H,9-10,13-14H2,1H3,(H,25,27). The zero-order valence-electron chi connectivity index (χ0n) is 16.2. The molecular weight excluding hydrogens is 388 g/mol. The van der Waals surface area contributed by atoms with Gasteiger partial charge in [0.15, 0.2) is 11.5 Å². The third-order valence-electron chi connectivity index (χ3n) is 5.18. The van der Waals surface area contributed by atoms with Gasteiger partial charge in [-0.25, -0.2) is 0 Å². The minimum absolute atomic E-state index is 0.0307. The van der Waals surface area contributed by atoms with Gasteiger partial charge >= 0.3 is 0 Å². The van der Waals surface area contributed by atoms with Crippen molar-refractivity contribution in [2.75, 3.05) is 13.7 Å². The number of amides is 1. The van der Waals surface area contributed by atoms with Gasteiger partial charge in [-0.3, -0.25) is 4.79 Å². The smallest absolute Gasteiger partial charge is 0.237 e. The van der Waals surface area contributed by atoms with E-state index in [-0.39, 0.29) is 11.9 Å². The van der Waals surface area contributed by atoms with Crippen molar-refractivity contribution >= 4 is 28.3 Å². The molecule has 2 N–H and O–H groups in total. The Kier molecular flexibility index (Phi) is 5.88. The highest BCUT2D eigenvalue weighted by molar-refractivity contribution is 6.31. The van der Waals surface area contributed by atoms with Crippen molar-refractivity contribution in [2.45, 2.75) is 25.6 Å². The number of carbonyl (C=O) groups excluding carboxylic acids is 1. The van der Waals surface area contributed by atoms with Gasteiger partial charge in [0, 0.05) is 24.2 Å². The molecule has 4 rings (SSSR count). The zero-order valence-corrected chi connectivity index (χ0v) is 17.0. The van der Waals surface area contributed by atoms with Crippen LogP contribution < -0.4 is 20.1 Å². The van der Waals surface area contributed by atoms with Crippen LogP contribution >= 0.6 is 11.6 Å². The average Bonchev–Trinajstić information content (AvgIpc) is 3.16. The van der Waals surface area contributed by atoms with Crippen LogP contribution in [0.4, 0.5) is 0 Å². The predicted octanol–water partition coefficient (Wildman–Crippen LogP) is 4.06. The fourth-order valence-electron chi connectivity index (χ4n) is 3.58. The maximum atomic E-state index is 11.7. The molecule has 1 unspecified atom stereocenters. The summed E-state index contributed by atoms with van der Waals surface area (Å²) in [6.45, 7) is 1.60. The summed E-state index contributed by atoms with van der Waals surface area (Å²) in [5.41, 5.74) is 1.96. The molecule has 3 aromatic rings. The number of nitrogens with one attached hydrogen (secondary N) is 2. The molecule has 0 bridgehead atoms. The molecule has 1 fully saturated rings. The topological polar surface area (TPSA) is 59.6 Å². The third-order valence-corrected chi connectivity index (χ3v) is 5.54. The molecular formula is C23H23ClN2O3. The van der Waals surface area contributed by atoms with E-state index < -0.39 is 0 Å². The van der Waals surface area contributed by atoms with Gasteiger partial charge in [0.05, 0.1) is 13.2 Å². The number of rotatable bonds is 7. The Morgan fingerprint density at radius 2 is 1.93 bits per heavy atom. The lowest BCUT2D eigenvalue weighted by Gasteiger charge is -2.16. The van der Waals surface area contributed by atoms with Crippen molar-refractivity contribution in [1.29, 1.82) is 0 Å². The molecule has 150 valence electrons. The Hall–Kier alpha value is -2.76. The summed E-state index contributed by atoms with van der Waals surface area (Å²) in [5.74, 6) is 1.23. The molecule has 0 aromatic heterocycles. The minimum Gasteiger partial charge on any atom is -0.493 e. The Morgan fingerprint density at radius 1 is 1.10 bits per heavy atom. The van der Waals surface area contributed by atoms with Crippen molar-refractivity contribution in [3.63, 3.8) is 0 Å². The van der Waals surface area contributed by atoms with Crippen molar-refractivity contribution < 1.29 is 14.3 Å². The van der Waals surface area contributed by atoms with Crippen LogP contribution in [-0.2, 0) is 17.9 Å². The molecule has 1 aliphatic heterocycles. The summed E-state index contributed by atoms with van der Waals surface area (Å²) >= 11 is 6.48. The lowest BCUT2D eigenvalue weighted by atomic mass is 10.1. The van der Waals surface area contributed by atoms with Gasteiger partial charge in [0.1, 0.15) is 6.61 Å². The first-order valence-corrected chi connectivity index (χ1v) is 10.0. The fraction of sp³-hybridized carbons (Fsp3) is 0.261. The molecule has 0 spiro atoms. The molecule has 5 nitrogen and oxygen atoms in total. The highest BCUT2D eigenvalue weighted by Crippen LogP contribution is 2.34. The summed E-state index contributed by atoms with van der Waals surface area (Å²) in [6.07, 6.45) is 0.778. The maximum absolute atomic E-state index is 11.7. The van der Waals surface area contributed by atoms with E-state index in [4.69, 9.17) is 21.1 Å². The lowest BCUT2D eigenvalue weighted by Crippen LogP contribution is -2.35. The minimum atomic E-state index is -0.181. The Morgan fingerprint density at radius 3 is 2.72 bits per heavy atom. The highest BCUT2D eigenvalue weighted by Gasteiger charge is 2.23. The van der Waals surface area contributed by atoms with Crippen LogP contribution in [0.5, 0.6) is 11.5 Å². The molecule has 1 saturated heterocycles. The van der Waals surface area contributed by atoms with Crippen LogP contribution in [0.25, 0.3) is 10.8 Å². The van der Waals surface area contributed by atoms with Crippen LogP contribution in [0.3, 0.4) is 0 Å². The number of ether oxygens (including phenoxy) is 2. The molecule has 29 heavy (non-hydrogen) atoms. The molecule has 0 saturated carbocycles. The second-order valence-electron chi connectivity index (χ2n) is 7.03. The van der Waals surface area contributed by atoms with E-state index in [0.717, 1.165) is 22.9 Å². The Balaban J connectivity index is 1.50. The van der Waals surface area contributed by atoms with E-state index in [9.17, 15) is 4.79 Å². The number of fused-ring (bicyclic) bond motifs is 1. The van der Waals surface area contributed by atoms with Crippen molar-refractivity contribution in [3.8, 4) is 11.5 Å². The van der Waals surface area contributed by atoms with Gasteiger partial charge in [-0.1, -0.05) is 54.1 Å². The van der Waals surface area contributed by atoms with Gasteiger partial charge in [-0.05, 0) is 34.4 Å². The number of methoxy groups -OCH3 is 1. The summed E-state index contributed by atoms with van der Waals surface area (Å²) < 4.78 is 11.6. The zero-order chi connectivity index (χ0) is 20.2. The highest BCUT2D eigenvalue weighted by atomic mass is 35.5. The van der Waals surface area contributed by atoms with E-state index in [1.165, 1.54) is 5.39 Å². The van der Waals surface area contributed by atoms with E-state index >= 15 is 0 Å². The molecule has 1 amide bonds. The van der Waals surface area contributed by atoms with Crippen LogP contribution in [-0.4, -0.2) is 25.6 Å². The second-order valence-corrected chi connectivity index (χ2v) is 7.44. The van der Waals surface area contributed by atoms with E-state index in [1.54, 1.807) is 13.2 Å². The van der Waals surface area contributed by atoms with Gasteiger partial charge < -0.3 is 20.1 Å². The number of hydrogen-bond acceptors (Lipinski definition) is 4. The monoisotopic (exact) mass is 410 g/mol. The fourth-order valence-corrected chi connectivity index (χ4v) is 3.80. The van der Waals surface area contributed by atoms with Crippen LogP contribution in [0.15, 0.2) is 54.6 Å². The third kappa shape index (κ3) is 4.31. The molecule has 1 atom stereocenters. The lowest BCUT2D eigenvalue weighted by molar-refractivity contribution is -0.120. The van der Waals surface area contributed by atoms with Crippen LogP contribution in [0.1, 0.15) is 17.5 Å². The van der Waals surface area contributed by atoms with Gasteiger partial charge in [0.2, 0.25) is 5.91 Å². The van der Waals surface area contributed by atoms with Crippen LogP contribution in [0, 0.1) is 0 Å². The summed E-state index contributed by atoms with van der Waals surface area (Å²) in [6, 6.07) is 17.8. The number of halogens is 1. The largest absolute Gasteiger partial charge is 0.493 e. The van der Waals surface area contributed by atoms with Crippen molar-refractivity contribution in [1.82, 2.24) is 10.6 Å². The molecule has 1 aliphatic rings. The van der Waals surface area contributed by atoms with Gasteiger partial charge in [0.25, 0.3) is 0 Å². The summed E-state index contributed by atoms with van der Waals surface area (Å²) in [7, 11) is 1.61. The SMILES string of the molecule is COc1cc(CNC2CCNC2=O)c(Cl)cc1OCc1cccc2ccccc12.